The Morgan fingerprint density at radius 3 is 2.45 bits per heavy atom. The van der Waals surface area contributed by atoms with E-state index in [9.17, 15) is 9.59 Å². The molecule has 5 heteroatoms. The minimum atomic E-state index is -0.667. The van der Waals surface area contributed by atoms with Gasteiger partial charge in [-0.3, -0.25) is 9.59 Å². The zero-order valence-electron chi connectivity index (χ0n) is 17.4. The minimum Gasteiger partial charge on any atom is -0.338 e. The summed E-state index contributed by atoms with van der Waals surface area (Å²) in [6, 6.07) is 16.6. The molecule has 1 aliphatic heterocycles. The van der Waals surface area contributed by atoms with Crippen LogP contribution in [0.25, 0.3) is 5.57 Å². The number of hydrazine groups is 1. The van der Waals surface area contributed by atoms with E-state index in [1.807, 2.05) is 66.5 Å². The smallest absolute Gasteiger partial charge is 0.254 e. The monoisotopic (exact) mass is 391 g/mol. The number of ketones is 1. The van der Waals surface area contributed by atoms with Crippen molar-refractivity contribution in [2.24, 2.45) is 0 Å². The molecule has 1 amide bonds. The maximum atomic E-state index is 13.4. The molecular formula is C24H29N3O2. The van der Waals surface area contributed by atoms with Crippen LogP contribution in [0.5, 0.6) is 0 Å². The molecule has 0 aliphatic carbocycles. The second-order valence-corrected chi connectivity index (χ2v) is 7.39. The van der Waals surface area contributed by atoms with Crippen molar-refractivity contribution < 1.29 is 9.59 Å². The molecule has 1 heterocycles. The maximum Gasteiger partial charge on any atom is 0.254 e. The Morgan fingerprint density at radius 2 is 1.76 bits per heavy atom. The Balaban J connectivity index is 1.92. The van der Waals surface area contributed by atoms with Gasteiger partial charge in [0.25, 0.3) is 5.91 Å². The number of rotatable bonds is 8. The highest BCUT2D eigenvalue weighted by Gasteiger charge is 2.29. The fraction of sp³-hybridized carbons (Fsp3) is 0.333. The number of Topliss-reactive ketones (excluding diaryl/α,β-unsaturated/α-hetero) is 1. The lowest BCUT2D eigenvalue weighted by molar-refractivity contribution is -0.124. The summed E-state index contributed by atoms with van der Waals surface area (Å²) in [7, 11) is 0. The Hall–Kier alpha value is -2.92. The van der Waals surface area contributed by atoms with Gasteiger partial charge in [-0.15, -0.1) is 0 Å². The zero-order valence-corrected chi connectivity index (χ0v) is 17.4. The molecule has 5 nitrogen and oxygen atoms in total. The largest absolute Gasteiger partial charge is 0.338 e. The summed E-state index contributed by atoms with van der Waals surface area (Å²) in [6.45, 7) is 7.17. The third kappa shape index (κ3) is 4.74. The summed E-state index contributed by atoms with van der Waals surface area (Å²) in [5.41, 5.74) is 7.71. The average Bonchev–Trinajstić information content (AvgIpc) is 2.73. The van der Waals surface area contributed by atoms with Crippen LogP contribution < -0.4 is 10.7 Å². The summed E-state index contributed by atoms with van der Waals surface area (Å²) < 4.78 is 0. The number of hydrogen-bond acceptors (Lipinski definition) is 4. The Kier molecular flexibility index (Phi) is 6.83. The summed E-state index contributed by atoms with van der Waals surface area (Å²) >= 11 is 0. The molecule has 2 aromatic rings. The lowest BCUT2D eigenvalue weighted by Crippen LogP contribution is -2.42. The first-order valence-electron chi connectivity index (χ1n) is 10.2. The molecule has 0 radical (unpaired) electrons. The number of unbranched alkanes of at least 4 members (excludes halogenated alkanes) is 1. The topological polar surface area (TPSA) is 61.4 Å². The molecule has 2 N–H and O–H groups in total. The first kappa shape index (κ1) is 20.8. The van der Waals surface area contributed by atoms with Crippen LogP contribution in [0.15, 0.2) is 60.3 Å². The van der Waals surface area contributed by atoms with E-state index >= 15 is 0 Å². The van der Waals surface area contributed by atoms with Gasteiger partial charge in [-0.2, -0.15) is 0 Å². The van der Waals surface area contributed by atoms with E-state index in [-0.39, 0.29) is 11.7 Å². The van der Waals surface area contributed by atoms with E-state index in [1.165, 1.54) is 6.92 Å². The quantitative estimate of drug-likeness (QED) is 0.668. The summed E-state index contributed by atoms with van der Waals surface area (Å²) in [5, 5.41) is 5.00. The van der Waals surface area contributed by atoms with Gasteiger partial charge in [0, 0.05) is 12.2 Å². The van der Waals surface area contributed by atoms with Crippen molar-refractivity contribution in [1.29, 1.82) is 0 Å². The van der Waals surface area contributed by atoms with Crippen LogP contribution >= 0.6 is 0 Å². The predicted octanol–water partition coefficient (Wildman–Crippen LogP) is 3.98. The number of carbonyl (C=O) groups is 2. The molecule has 0 fully saturated rings. The number of allylic oxidation sites excluding steroid dienone is 1. The van der Waals surface area contributed by atoms with Crippen molar-refractivity contribution in [2.45, 2.75) is 46.2 Å². The van der Waals surface area contributed by atoms with Crippen LogP contribution in [0.3, 0.4) is 0 Å². The van der Waals surface area contributed by atoms with E-state index in [0.29, 0.717) is 12.1 Å². The van der Waals surface area contributed by atoms with Crippen molar-refractivity contribution in [2.75, 3.05) is 6.54 Å². The average molecular weight is 392 g/mol. The SMILES string of the molecule is CCCCNN1Cc2ccccc2C(C(=O)N[C@H](C(C)=O)c2ccccc2)=C1C. The van der Waals surface area contributed by atoms with E-state index < -0.39 is 6.04 Å². The van der Waals surface area contributed by atoms with Crippen LogP contribution in [0.4, 0.5) is 0 Å². The van der Waals surface area contributed by atoms with E-state index in [0.717, 1.165) is 41.8 Å². The summed E-state index contributed by atoms with van der Waals surface area (Å²) in [6.07, 6.45) is 2.16. The van der Waals surface area contributed by atoms with Gasteiger partial charge >= 0.3 is 0 Å². The molecule has 0 saturated carbocycles. The maximum absolute atomic E-state index is 13.4. The van der Waals surface area contributed by atoms with E-state index in [1.54, 1.807) is 0 Å². The van der Waals surface area contributed by atoms with Crippen LogP contribution in [-0.2, 0) is 16.1 Å². The zero-order chi connectivity index (χ0) is 20.8. The third-order valence-electron chi connectivity index (χ3n) is 5.26. The summed E-state index contributed by atoms with van der Waals surface area (Å²) in [5.74, 6) is -0.328. The third-order valence-corrected chi connectivity index (χ3v) is 5.26. The summed E-state index contributed by atoms with van der Waals surface area (Å²) in [4.78, 5) is 25.6. The minimum absolute atomic E-state index is 0.0928. The second-order valence-electron chi connectivity index (χ2n) is 7.39. The Bertz CT molecular complexity index is 905. The molecule has 152 valence electrons. The first-order chi connectivity index (χ1) is 14.0. The molecular weight excluding hydrogens is 362 g/mol. The van der Waals surface area contributed by atoms with Crippen molar-refractivity contribution in [3.05, 3.63) is 77.0 Å². The standard InChI is InChI=1S/C24H29N3O2/c1-4-5-15-25-27-16-20-13-9-10-14-21(20)22(17(27)2)24(29)26-23(18(3)28)19-11-7-6-8-12-19/h6-14,23,25H,4-5,15-16H2,1-3H3,(H,26,29)/t23-/m1/s1. The van der Waals surface area contributed by atoms with Gasteiger partial charge in [0.2, 0.25) is 0 Å². The highest BCUT2D eigenvalue weighted by molar-refractivity contribution is 6.21. The van der Waals surface area contributed by atoms with Crippen molar-refractivity contribution in [3.8, 4) is 0 Å². The molecule has 0 bridgehead atoms. The van der Waals surface area contributed by atoms with Crippen molar-refractivity contribution in [3.63, 3.8) is 0 Å². The molecule has 1 atom stereocenters. The van der Waals surface area contributed by atoms with Gasteiger partial charge in [0.05, 0.1) is 12.1 Å². The van der Waals surface area contributed by atoms with E-state index in [4.69, 9.17) is 0 Å². The molecule has 3 rings (SSSR count). The number of benzene rings is 2. The Morgan fingerprint density at radius 1 is 1.07 bits per heavy atom. The normalized spacial score (nSPS) is 14.4. The van der Waals surface area contributed by atoms with E-state index in [2.05, 4.69) is 17.7 Å². The molecule has 0 aromatic heterocycles. The van der Waals surface area contributed by atoms with Crippen LogP contribution in [0.1, 0.15) is 56.3 Å². The fourth-order valence-electron chi connectivity index (χ4n) is 3.64. The number of hydrogen-bond donors (Lipinski definition) is 2. The second kappa shape index (κ2) is 9.52. The Labute approximate surface area is 172 Å². The van der Waals surface area contributed by atoms with Crippen LogP contribution in [0, 0.1) is 0 Å². The lowest BCUT2D eigenvalue weighted by atomic mass is 9.93. The van der Waals surface area contributed by atoms with Crippen molar-refractivity contribution >= 4 is 17.3 Å². The molecule has 0 saturated heterocycles. The van der Waals surface area contributed by atoms with Crippen LogP contribution in [0.2, 0.25) is 0 Å². The van der Waals surface area contributed by atoms with Gasteiger partial charge in [-0.05, 0) is 37.0 Å². The highest BCUT2D eigenvalue weighted by atomic mass is 16.2. The van der Waals surface area contributed by atoms with Crippen LogP contribution in [-0.4, -0.2) is 23.2 Å². The molecule has 1 aliphatic rings. The molecule has 2 aromatic carbocycles. The lowest BCUT2D eigenvalue weighted by Gasteiger charge is -2.34. The molecule has 0 unspecified atom stereocenters. The molecule has 29 heavy (non-hydrogen) atoms. The number of nitrogens with zero attached hydrogens (tertiary/aromatic N) is 1. The number of carbonyl (C=O) groups excluding carboxylic acids is 2. The van der Waals surface area contributed by atoms with Gasteiger partial charge in [-0.1, -0.05) is 67.9 Å². The highest BCUT2D eigenvalue weighted by Crippen LogP contribution is 2.31. The van der Waals surface area contributed by atoms with Gasteiger partial charge < -0.3 is 10.3 Å². The number of fused-ring (bicyclic) bond motifs is 1. The fourth-order valence-corrected chi connectivity index (χ4v) is 3.64. The van der Waals surface area contributed by atoms with Gasteiger partial charge in [0.1, 0.15) is 6.04 Å². The number of nitrogens with one attached hydrogen (secondary N) is 2. The first-order valence-corrected chi connectivity index (χ1v) is 10.2. The van der Waals surface area contributed by atoms with Crippen molar-refractivity contribution in [1.82, 2.24) is 15.8 Å². The van der Waals surface area contributed by atoms with Gasteiger partial charge in [0.15, 0.2) is 5.78 Å². The molecule has 0 spiro atoms. The van der Waals surface area contributed by atoms with Gasteiger partial charge in [-0.25, -0.2) is 5.43 Å². The number of amides is 1. The predicted molar refractivity (Wildman–Crippen MR) is 115 cm³/mol.